The number of nitrogens with zero attached hydrogens (tertiary/aromatic N) is 2. The maximum atomic E-state index is 12.8. The number of hydrogen-bond acceptors (Lipinski definition) is 11. The SMILES string of the molecule is CCCCCCCCCCCCCCCC(=O)OC[C@H](COP(=O)([O-])OCC[N+](C)(C)C)OC(=O)CCCCCCCCC1(CCCCCCCC)OCC(C)(C)N1O. The third-order valence-corrected chi connectivity index (χ3v) is 12.4. The first-order chi connectivity index (χ1) is 28.1. The maximum Gasteiger partial charge on any atom is 0.306 e. The van der Waals surface area contributed by atoms with Crippen LogP contribution in [0.5, 0.6) is 0 Å². The zero-order valence-electron chi connectivity index (χ0n) is 39.1. The van der Waals surface area contributed by atoms with Crippen molar-refractivity contribution in [1.29, 1.82) is 0 Å². The molecule has 0 aliphatic carbocycles. The Morgan fingerprint density at radius 2 is 1.10 bits per heavy atom. The highest BCUT2D eigenvalue weighted by Crippen LogP contribution is 2.41. The van der Waals surface area contributed by atoms with Crippen LogP contribution in [0.1, 0.15) is 214 Å². The predicted molar refractivity (Wildman–Crippen MR) is 235 cm³/mol. The van der Waals surface area contributed by atoms with Crippen molar-refractivity contribution in [1.82, 2.24) is 5.06 Å². The monoisotopic (exact) mass is 863 g/mol. The minimum atomic E-state index is -4.66. The van der Waals surface area contributed by atoms with E-state index in [1.54, 1.807) is 0 Å². The Labute approximate surface area is 361 Å². The van der Waals surface area contributed by atoms with Gasteiger partial charge in [0.1, 0.15) is 25.5 Å². The molecule has 1 aliphatic heterocycles. The van der Waals surface area contributed by atoms with Crippen LogP contribution in [0.25, 0.3) is 0 Å². The topological polar surface area (TPSA) is 144 Å². The van der Waals surface area contributed by atoms with Gasteiger partial charge in [-0.1, -0.05) is 149 Å². The Hall–Kier alpha value is -1.11. The van der Waals surface area contributed by atoms with Crippen molar-refractivity contribution in [3.8, 4) is 0 Å². The smallest absolute Gasteiger partial charge is 0.306 e. The Morgan fingerprint density at radius 1 is 0.678 bits per heavy atom. The molecule has 0 bridgehead atoms. The summed E-state index contributed by atoms with van der Waals surface area (Å²) in [4.78, 5) is 37.8. The van der Waals surface area contributed by atoms with Crippen LogP contribution in [0.3, 0.4) is 0 Å². The molecule has 59 heavy (non-hydrogen) atoms. The van der Waals surface area contributed by atoms with Crippen LogP contribution in [-0.4, -0.2) is 98.2 Å². The first-order valence-corrected chi connectivity index (χ1v) is 25.4. The van der Waals surface area contributed by atoms with Crippen LogP contribution < -0.4 is 4.89 Å². The molecule has 0 spiro atoms. The van der Waals surface area contributed by atoms with Gasteiger partial charge in [0.15, 0.2) is 6.10 Å². The predicted octanol–water partition coefficient (Wildman–Crippen LogP) is 11.2. The molecule has 0 aromatic rings. The number of hydroxylamine groups is 2. The molecule has 0 saturated carbocycles. The highest BCUT2D eigenvalue weighted by Gasteiger charge is 2.50. The van der Waals surface area contributed by atoms with Gasteiger partial charge in [-0.2, -0.15) is 5.06 Å². The first kappa shape index (κ1) is 55.9. The fraction of sp³-hybridized carbons (Fsp3) is 0.957. The number of rotatable bonds is 40. The van der Waals surface area contributed by atoms with Crippen molar-refractivity contribution in [2.24, 2.45) is 0 Å². The first-order valence-electron chi connectivity index (χ1n) is 23.9. The van der Waals surface area contributed by atoms with Gasteiger partial charge >= 0.3 is 11.9 Å². The summed E-state index contributed by atoms with van der Waals surface area (Å²) < 4.78 is 40.4. The van der Waals surface area contributed by atoms with Gasteiger partial charge in [-0.25, -0.2) is 0 Å². The Morgan fingerprint density at radius 3 is 1.53 bits per heavy atom. The lowest BCUT2D eigenvalue weighted by Gasteiger charge is -2.37. The molecule has 12 nitrogen and oxygen atoms in total. The summed E-state index contributed by atoms with van der Waals surface area (Å²) in [6.45, 7) is 8.67. The van der Waals surface area contributed by atoms with Gasteiger partial charge < -0.3 is 37.8 Å². The molecule has 1 fully saturated rings. The lowest BCUT2D eigenvalue weighted by atomic mass is 9.95. The Balaban J connectivity index is 2.44. The molecule has 350 valence electrons. The molecule has 1 aliphatic rings. The van der Waals surface area contributed by atoms with Crippen molar-refractivity contribution in [2.45, 2.75) is 231 Å². The molecule has 0 amide bonds. The van der Waals surface area contributed by atoms with Crippen molar-refractivity contribution in [2.75, 3.05) is 54.1 Å². The summed E-state index contributed by atoms with van der Waals surface area (Å²) in [6, 6.07) is 0. The van der Waals surface area contributed by atoms with E-state index in [-0.39, 0.29) is 26.1 Å². The molecule has 2 unspecified atom stereocenters. The molecule has 3 atom stereocenters. The van der Waals surface area contributed by atoms with Crippen molar-refractivity contribution in [3.05, 3.63) is 0 Å². The van der Waals surface area contributed by atoms with E-state index in [0.717, 1.165) is 77.0 Å². The number of esters is 2. The number of phosphoric ester groups is 1. The van der Waals surface area contributed by atoms with E-state index in [9.17, 15) is 24.3 Å². The molecule has 13 heteroatoms. The molecular formula is C46H91N2O10P. The normalized spacial score (nSPS) is 18.5. The van der Waals surface area contributed by atoms with Crippen LogP contribution in [0.15, 0.2) is 0 Å². The van der Waals surface area contributed by atoms with Crippen LogP contribution in [0.4, 0.5) is 0 Å². The standard InChI is InChI=1S/C46H91N2O10P/c1-8-10-12-14-16-17-18-19-20-21-22-25-29-33-43(49)54-39-42(40-57-59(52,53)56-38-37-48(5,6)7)58-44(50)34-30-26-23-24-28-32-36-46(35-31-27-15-13-11-9-2)47(51)45(3,4)41-55-46/h42,51H,8-41H2,1-7H3/t42-,46?/m1/s1. The van der Waals surface area contributed by atoms with Gasteiger partial charge in [-0.15, -0.1) is 0 Å². The average Bonchev–Trinajstić information content (AvgIpc) is 3.40. The van der Waals surface area contributed by atoms with Gasteiger partial charge in [-0.3, -0.25) is 14.2 Å². The summed E-state index contributed by atoms with van der Waals surface area (Å²) in [7, 11) is 1.11. The summed E-state index contributed by atoms with van der Waals surface area (Å²) in [6.07, 6.45) is 29.3. The fourth-order valence-corrected chi connectivity index (χ4v) is 8.30. The van der Waals surface area contributed by atoms with Gasteiger partial charge in [0.2, 0.25) is 0 Å². The molecule has 1 saturated heterocycles. The van der Waals surface area contributed by atoms with Gasteiger partial charge in [-0.05, 0) is 52.4 Å². The number of hydrogen-bond donors (Lipinski definition) is 1. The summed E-state index contributed by atoms with van der Waals surface area (Å²) >= 11 is 0. The number of carbonyl (C=O) groups is 2. The number of ether oxygens (including phenoxy) is 3. The molecule has 1 N–H and O–H groups in total. The highest BCUT2D eigenvalue weighted by molar-refractivity contribution is 7.45. The van der Waals surface area contributed by atoms with E-state index in [2.05, 4.69) is 13.8 Å². The minimum Gasteiger partial charge on any atom is -0.756 e. The Kier molecular flexibility index (Phi) is 30.8. The van der Waals surface area contributed by atoms with Crippen LogP contribution in [-0.2, 0) is 37.4 Å². The van der Waals surface area contributed by atoms with E-state index < -0.39 is 43.7 Å². The molecule has 1 heterocycles. The zero-order valence-corrected chi connectivity index (χ0v) is 40.0. The summed E-state index contributed by atoms with van der Waals surface area (Å²) in [5, 5.41) is 12.6. The number of unbranched alkanes of at least 4 members (excludes halogenated alkanes) is 22. The van der Waals surface area contributed by atoms with E-state index in [4.69, 9.17) is 23.3 Å². The van der Waals surface area contributed by atoms with Crippen molar-refractivity contribution < 1.29 is 52.0 Å². The van der Waals surface area contributed by atoms with E-state index in [1.165, 1.54) is 95.0 Å². The van der Waals surface area contributed by atoms with Gasteiger partial charge in [0.05, 0.1) is 39.9 Å². The third-order valence-electron chi connectivity index (χ3n) is 11.4. The fourth-order valence-electron chi connectivity index (χ4n) is 7.57. The number of carbonyl (C=O) groups excluding carboxylic acids is 2. The zero-order chi connectivity index (χ0) is 43.9. The van der Waals surface area contributed by atoms with Crippen LogP contribution in [0.2, 0.25) is 0 Å². The molecule has 1 rings (SSSR count). The molecule has 0 aromatic carbocycles. The third kappa shape index (κ3) is 29.0. The molecular weight excluding hydrogens is 771 g/mol. The van der Waals surface area contributed by atoms with Crippen LogP contribution in [0, 0.1) is 0 Å². The lowest BCUT2D eigenvalue weighted by Crippen LogP contribution is -2.50. The van der Waals surface area contributed by atoms with Crippen LogP contribution >= 0.6 is 7.82 Å². The largest absolute Gasteiger partial charge is 0.756 e. The molecule has 0 aromatic heterocycles. The minimum absolute atomic E-state index is 0.0469. The van der Waals surface area contributed by atoms with Gasteiger partial charge in [0.25, 0.3) is 7.82 Å². The number of phosphoric acid groups is 1. The quantitative estimate of drug-likeness (QED) is 0.0272. The second kappa shape index (κ2) is 32.5. The van der Waals surface area contributed by atoms with E-state index in [1.807, 2.05) is 35.0 Å². The summed E-state index contributed by atoms with van der Waals surface area (Å²) in [5.41, 5.74) is -1.01. The summed E-state index contributed by atoms with van der Waals surface area (Å²) in [5.74, 6) is -0.889. The van der Waals surface area contributed by atoms with E-state index >= 15 is 0 Å². The second-order valence-corrected chi connectivity index (χ2v) is 20.3. The Bertz CT molecular complexity index is 1120. The van der Waals surface area contributed by atoms with E-state index in [0.29, 0.717) is 24.1 Å². The number of quaternary nitrogens is 1. The highest BCUT2D eigenvalue weighted by atomic mass is 31.2. The second-order valence-electron chi connectivity index (χ2n) is 18.9. The van der Waals surface area contributed by atoms with Crippen molar-refractivity contribution >= 4 is 19.8 Å². The van der Waals surface area contributed by atoms with Gasteiger partial charge in [0, 0.05) is 12.8 Å². The average molecular weight is 863 g/mol. The lowest BCUT2D eigenvalue weighted by molar-refractivity contribution is -0.870. The molecule has 0 radical (unpaired) electrons. The number of likely N-dealkylation sites (N-methyl/N-ethyl adjacent to an activating group) is 1. The van der Waals surface area contributed by atoms with Crippen molar-refractivity contribution in [3.63, 3.8) is 0 Å². The maximum absolute atomic E-state index is 12.8.